The molecule has 0 aromatic heterocycles. The van der Waals surface area contributed by atoms with E-state index in [-0.39, 0.29) is 5.02 Å². The zero-order chi connectivity index (χ0) is 9.84. The van der Waals surface area contributed by atoms with E-state index in [1.165, 1.54) is 19.2 Å². The van der Waals surface area contributed by atoms with Crippen molar-refractivity contribution in [3.8, 4) is 11.8 Å². The Morgan fingerprint density at radius 3 is 2.77 bits per heavy atom. The van der Waals surface area contributed by atoms with Crippen LogP contribution >= 0.6 is 11.6 Å². The first-order valence-electron chi connectivity index (χ1n) is 3.45. The van der Waals surface area contributed by atoms with Gasteiger partial charge in [0.1, 0.15) is 11.8 Å². The predicted molar refractivity (Wildman–Crippen MR) is 48.1 cm³/mol. The fourth-order valence-corrected chi connectivity index (χ4v) is 1.14. The van der Waals surface area contributed by atoms with Gasteiger partial charge in [-0.25, -0.2) is 0 Å². The van der Waals surface area contributed by atoms with Gasteiger partial charge < -0.3 is 4.74 Å². The summed E-state index contributed by atoms with van der Waals surface area (Å²) in [4.78, 5) is 10.5. The maximum atomic E-state index is 10.5. The SMILES string of the molecule is COc1cc(C#N)c(Cl)cc1C=O. The van der Waals surface area contributed by atoms with Crippen molar-refractivity contribution in [2.24, 2.45) is 0 Å². The van der Waals surface area contributed by atoms with E-state index in [2.05, 4.69) is 0 Å². The van der Waals surface area contributed by atoms with Gasteiger partial charge in [0.25, 0.3) is 0 Å². The van der Waals surface area contributed by atoms with Crippen LogP contribution < -0.4 is 4.74 Å². The summed E-state index contributed by atoms with van der Waals surface area (Å²) in [6, 6.07) is 4.74. The summed E-state index contributed by atoms with van der Waals surface area (Å²) >= 11 is 5.70. The third-order valence-corrected chi connectivity index (χ3v) is 1.88. The van der Waals surface area contributed by atoms with Gasteiger partial charge in [-0.1, -0.05) is 11.6 Å². The molecule has 3 nitrogen and oxygen atoms in total. The highest BCUT2D eigenvalue weighted by Crippen LogP contribution is 2.25. The number of nitriles is 1. The molecule has 0 bridgehead atoms. The van der Waals surface area contributed by atoms with Crippen molar-refractivity contribution >= 4 is 17.9 Å². The van der Waals surface area contributed by atoms with Crippen LogP contribution in [0.3, 0.4) is 0 Å². The Bertz CT molecular complexity index is 382. The summed E-state index contributed by atoms with van der Waals surface area (Å²) < 4.78 is 4.89. The van der Waals surface area contributed by atoms with E-state index in [1.807, 2.05) is 6.07 Å². The molecule has 0 atom stereocenters. The van der Waals surface area contributed by atoms with Gasteiger partial charge >= 0.3 is 0 Å². The minimum absolute atomic E-state index is 0.255. The van der Waals surface area contributed by atoms with Crippen molar-refractivity contribution in [3.63, 3.8) is 0 Å². The Labute approximate surface area is 80.5 Å². The van der Waals surface area contributed by atoms with Crippen molar-refractivity contribution in [2.75, 3.05) is 7.11 Å². The lowest BCUT2D eigenvalue weighted by atomic mass is 10.1. The molecule has 0 spiro atoms. The highest BCUT2D eigenvalue weighted by atomic mass is 35.5. The molecule has 66 valence electrons. The molecule has 0 aliphatic heterocycles. The number of halogens is 1. The summed E-state index contributed by atoms with van der Waals surface area (Å²) in [5.41, 5.74) is 0.635. The molecule has 0 aliphatic rings. The van der Waals surface area contributed by atoms with E-state index < -0.39 is 0 Å². The van der Waals surface area contributed by atoms with Crippen molar-refractivity contribution in [1.29, 1.82) is 5.26 Å². The third-order valence-electron chi connectivity index (χ3n) is 1.57. The van der Waals surface area contributed by atoms with E-state index in [4.69, 9.17) is 21.6 Å². The number of hydrogen-bond donors (Lipinski definition) is 0. The molecule has 0 heterocycles. The molecule has 0 amide bonds. The van der Waals surface area contributed by atoms with Gasteiger partial charge in [0.2, 0.25) is 0 Å². The van der Waals surface area contributed by atoms with E-state index in [0.29, 0.717) is 23.2 Å². The van der Waals surface area contributed by atoms with Crippen molar-refractivity contribution < 1.29 is 9.53 Å². The zero-order valence-electron chi connectivity index (χ0n) is 6.87. The number of benzene rings is 1. The normalized spacial score (nSPS) is 9.00. The van der Waals surface area contributed by atoms with Crippen LogP contribution in [0.1, 0.15) is 15.9 Å². The van der Waals surface area contributed by atoms with Crippen LogP contribution in [0.4, 0.5) is 0 Å². The fourth-order valence-electron chi connectivity index (χ4n) is 0.923. The number of nitrogens with zero attached hydrogens (tertiary/aromatic N) is 1. The topological polar surface area (TPSA) is 50.1 Å². The molecule has 0 fully saturated rings. The highest BCUT2D eigenvalue weighted by molar-refractivity contribution is 6.32. The number of rotatable bonds is 2. The molecular weight excluding hydrogens is 190 g/mol. The van der Waals surface area contributed by atoms with Crippen LogP contribution in [0.5, 0.6) is 5.75 Å². The smallest absolute Gasteiger partial charge is 0.153 e. The number of methoxy groups -OCH3 is 1. The van der Waals surface area contributed by atoms with Crippen LogP contribution in [0.25, 0.3) is 0 Å². The third kappa shape index (κ3) is 1.79. The fraction of sp³-hybridized carbons (Fsp3) is 0.111. The Balaban J connectivity index is 3.36. The summed E-state index contributed by atoms with van der Waals surface area (Å²) in [5, 5.41) is 8.88. The molecule has 0 radical (unpaired) electrons. The first-order valence-corrected chi connectivity index (χ1v) is 3.83. The number of carbonyl (C=O) groups is 1. The Kier molecular flexibility index (Phi) is 2.88. The predicted octanol–water partition coefficient (Wildman–Crippen LogP) is 2.03. The largest absolute Gasteiger partial charge is 0.496 e. The van der Waals surface area contributed by atoms with Gasteiger partial charge in [-0.3, -0.25) is 4.79 Å². The molecule has 0 saturated carbocycles. The van der Waals surface area contributed by atoms with E-state index in [9.17, 15) is 4.79 Å². The van der Waals surface area contributed by atoms with Crippen molar-refractivity contribution in [3.05, 3.63) is 28.3 Å². The Hall–Kier alpha value is -1.53. The van der Waals surface area contributed by atoms with Crippen LogP contribution in [-0.2, 0) is 0 Å². The van der Waals surface area contributed by atoms with Gasteiger partial charge in [-0.05, 0) is 6.07 Å². The van der Waals surface area contributed by atoms with Gasteiger partial charge in [0.05, 0.1) is 23.3 Å². The van der Waals surface area contributed by atoms with Gasteiger partial charge in [0.15, 0.2) is 6.29 Å². The molecule has 4 heteroatoms. The minimum Gasteiger partial charge on any atom is -0.496 e. The first-order chi connectivity index (χ1) is 6.22. The lowest BCUT2D eigenvalue weighted by Gasteiger charge is -2.04. The quantitative estimate of drug-likeness (QED) is 0.679. The number of carbonyl (C=O) groups excluding carboxylic acids is 1. The molecule has 0 aliphatic carbocycles. The zero-order valence-corrected chi connectivity index (χ0v) is 7.63. The number of aldehydes is 1. The lowest BCUT2D eigenvalue weighted by Crippen LogP contribution is -1.92. The van der Waals surface area contributed by atoms with E-state index in [1.54, 1.807) is 0 Å². The van der Waals surface area contributed by atoms with Gasteiger partial charge in [-0.15, -0.1) is 0 Å². The lowest BCUT2D eigenvalue weighted by molar-refractivity contribution is 0.112. The molecule has 13 heavy (non-hydrogen) atoms. The first kappa shape index (κ1) is 9.56. The summed E-state index contributed by atoms with van der Waals surface area (Å²) in [5.74, 6) is 0.357. The van der Waals surface area contributed by atoms with E-state index in [0.717, 1.165) is 0 Å². The van der Waals surface area contributed by atoms with Crippen LogP contribution in [0.2, 0.25) is 5.02 Å². The van der Waals surface area contributed by atoms with Gasteiger partial charge in [0, 0.05) is 6.07 Å². The average molecular weight is 196 g/mol. The molecular formula is C9H6ClNO2. The molecule has 0 saturated heterocycles. The van der Waals surface area contributed by atoms with Crippen molar-refractivity contribution in [2.45, 2.75) is 0 Å². The highest BCUT2D eigenvalue weighted by Gasteiger charge is 2.07. The Morgan fingerprint density at radius 2 is 2.31 bits per heavy atom. The van der Waals surface area contributed by atoms with Gasteiger partial charge in [-0.2, -0.15) is 5.26 Å². The van der Waals surface area contributed by atoms with Crippen LogP contribution in [-0.4, -0.2) is 13.4 Å². The Morgan fingerprint density at radius 1 is 1.62 bits per heavy atom. The monoisotopic (exact) mass is 195 g/mol. The van der Waals surface area contributed by atoms with E-state index >= 15 is 0 Å². The van der Waals surface area contributed by atoms with Crippen molar-refractivity contribution in [1.82, 2.24) is 0 Å². The average Bonchev–Trinajstić information content (AvgIpc) is 2.17. The maximum absolute atomic E-state index is 10.5. The second-order valence-electron chi connectivity index (χ2n) is 2.30. The number of ether oxygens (including phenoxy) is 1. The molecule has 0 N–H and O–H groups in total. The number of hydrogen-bond acceptors (Lipinski definition) is 3. The van der Waals surface area contributed by atoms with Crippen LogP contribution in [0.15, 0.2) is 12.1 Å². The van der Waals surface area contributed by atoms with Crippen LogP contribution in [0, 0.1) is 11.3 Å². The molecule has 0 unspecified atom stereocenters. The maximum Gasteiger partial charge on any atom is 0.153 e. The summed E-state index contributed by atoms with van der Waals surface area (Å²) in [6.07, 6.45) is 0.631. The second-order valence-corrected chi connectivity index (χ2v) is 2.71. The molecule has 1 aromatic carbocycles. The second kappa shape index (κ2) is 3.92. The standard InChI is InChI=1S/C9H6ClNO2/c1-13-9-3-6(4-11)8(10)2-7(9)5-12/h2-3,5H,1H3. The molecule has 1 aromatic rings. The summed E-state index contributed by atoms with van der Waals surface area (Å²) in [6.45, 7) is 0. The molecule has 1 rings (SSSR count). The summed E-state index contributed by atoms with van der Waals surface area (Å²) in [7, 11) is 1.43. The minimum atomic E-state index is 0.255.